The second-order valence-electron chi connectivity index (χ2n) is 12.9. The molecule has 1 aliphatic carbocycles. The lowest BCUT2D eigenvalue weighted by molar-refractivity contribution is 0.0144. The number of fused-ring (bicyclic) bond motifs is 2. The van der Waals surface area contributed by atoms with Crippen LogP contribution in [0.2, 0.25) is 0 Å². The Hall–Kier alpha value is -4.49. The molecule has 3 unspecified atom stereocenters. The zero-order valence-corrected chi connectivity index (χ0v) is 27.5. The number of anilines is 1. The van der Waals surface area contributed by atoms with Crippen LogP contribution in [0.25, 0.3) is 10.8 Å². The number of hydrogen-bond acceptors (Lipinski definition) is 8. The molecular formula is C36H39N5O4S. The molecule has 0 saturated carbocycles. The number of piperazine rings is 1. The number of nitriles is 1. The second-order valence-corrected chi connectivity index (χ2v) is 14.2. The molecule has 0 bridgehead atoms. The molecule has 6 rings (SSSR count). The van der Waals surface area contributed by atoms with Crippen LogP contribution in [0, 0.1) is 11.3 Å². The predicted octanol–water partition coefficient (Wildman–Crippen LogP) is 6.77. The van der Waals surface area contributed by atoms with Gasteiger partial charge in [-0.3, -0.25) is 4.21 Å². The van der Waals surface area contributed by atoms with Crippen LogP contribution < -0.4 is 9.64 Å². The topological polar surface area (TPSA) is 109 Å². The Kier molecular flexibility index (Phi) is 8.96. The first-order valence-electron chi connectivity index (χ1n) is 15.7. The van der Waals surface area contributed by atoms with E-state index >= 15 is 0 Å². The van der Waals surface area contributed by atoms with Crippen molar-refractivity contribution in [1.82, 2.24) is 14.9 Å². The van der Waals surface area contributed by atoms with E-state index in [1.54, 1.807) is 11.2 Å². The highest BCUT2D eigenvalue weighted by atomic mass is 32.2. The van der Waals surface area contributed by atoms with E-state index in [2.05, 4.69) is 41.3 Å². The maximum atomic E-state index is 13.0. The minimum absolute atomic E-state index is 0.173. The highest BCUT2D eigenvalue weighted by molar-refractivity contribution is 7.84. The molecule has 2 heterocycles. The van der Waals surface area contributed by atoms with Crippen molar-refractivity contribution in [2.24, 2.45) is 0 Å². The summed E-state index contributed by atoms with van der Waals surface area (Å²) in [5.41, 5.74) is 2.52. The number of amides is 1. The molecule has 1 fully saturated rings. The van der Waals surface area contributed by atoms with Gasteiger partial charge in [0.25, 0.3) is 0 Å². The van der Waals surface area contributed by atoms with E-state index < -0.39 is 22.5 Å². The number of carbonyl (C=O) groups is 1. The van der Waals surface area contributed by atoms with Crippen molar-refractivity contribution in [1.29, 1.82) is 5.26 Å². The van der Waals surface area contributed by atoms with Gasteiger partial charge in [-0.2, -0.15) is 5.26 Å². The van der Waals surface area contributed by atoms with Crippen LogP contribution in [0.3, 0.4) is 0 Å². The van der Waals surface area contributed by atoms with Crippen molar-refractivity contribution in [2.75, 3.05) is 30.8 Å². The van der Waals surface area contributed by atoms with E-state index in [-0.39, 0.29) is 18.4 Å². The summed E-state index contributed by atoms with van der Waals surface area (Å²) in [4.78, 5) is 26.5. The fraction of sp³-hybridized carbons (Fsp3) is 0.389. The Labute approximate surface area is 272 Å². The molecule has 1 amide bonds. The maximum Gasteiger partial charge on any atom is 0.410 e. The molecule has 1 aromatic heterocycles. The van der Waals surface area contributed by atoms with Crippen LogP contribution in [-0.2, 0) is 28.4 Å². The summed E-state index contributed by atoms with van der Waals surface area (Å²) in [6.45, 7) is 6.85. The number of carbonyl (C=O) groups excluding carboxylic acids is 1. The number of rotatable bonds is 6. The van der Waals surface area contributed by atoms with Crippen molar-refractivity contribution >= 4 is 33.5 Å². The maximum absolute atomic E-state index is 13.0. The van der Waals surface area contributed by atoms with Gasteiger partial charge in [-0.1, -0.05) is 42.5 Å². The Balaban J connectivity index is 1.32. The first kappa shape index (κ1) is 31.5. The molecule has 0 radical (unpaired) electrons. The van der Waals surface area contributed by atoms with Crippen LogP contribution in [0.4, 0.5) is 10.6 Å². The zero-order chi connectivity index (χ0) is 32.4. The third-order valence-corrected chi connectivity index (χ3v) is 9.21. The molecule has 4 aromatic rings. The largest absolute Gasteiger partial charge is 0.457 e. The monoisotopic (exact) mass is 637 g/mol. The van der Waals surface area contributed by atoms with Gasteiger partial charge >= 0.3 is 6.09 Å². The number of ether oxygens (including phenoxy) is 2. The number of para-hydroxylation sites is 1. The molecule has 3 aromatic carbocycles. The van der Waals surface area contributed by atoms with E-state index in [1.807, 2.05) is 57.2 Å². The molecule has 238 valence electrons. The van der Waals surface area contributed by atoms with Gasteiger partial charge in [-0.25, -0.2) is 14.8 Å². The number of hydrogen-bond donors (Lipinski definition) is 0. The SMILES string of the molecule is CS(=O)c1nc2c(c(N3CCN(C(=O)OC(C)(C)C)C(CC#N)C3)n1)CCC(c1cc(Oc3ccccc3)cc3ccccc13)C2. The van der Waals surface area contributed by atoms with Crippen molar-refractivity contribution in [2.45, 2.75) is 69.2 Å². The summed E-state index contributed by atoms with van der Waals surface area (Å²) in [6.07, 6.45) is 3.67. The van der Waals surface area contributed by atoms with Gasteiger partial charge in [0.15, 0.2) is 0 Å². The van der Waals surface area contributed by atoms with Crippen molar-refractivity contribution < 1.29 is 18.5 Å². The number of benzene rings is 3. The first-order chi connectivity index (χ1) is 22.1. The minimum atomic E-state index is -1.39. The molecule has 0 spiro atoms. The normalized spacial score (nSPS) is 18.8. The quantitative estimate of drug-likeness (QED) is 0.213. The van der Waals surface area contributed by atoms with Crippen LogP contribution in [0.15, 0.2) is 71.9 Å². The fourth-order valence-electron chi connectivity index (χ4n) is 6.45. The summed E-state index contributed by atoms with van der Waals surface area (Å²) in [6, 6.07) is 24.3. The molecule has 46 heavy (non-hydrogen) atoms. The summed E-state index contributed by atoms with van der Waals surface area (Å²) >= 11 is 0. The van der Waals surface area contributed by atoms with Crippen LogP contribution >= 0.6 is 0 Å². The average Bonchev–Trinajstić information content (AvgIpc) is 3.03. The lowest BCUT2D eigenvalue weighted by Gasteiger charge is -2.42. The van der Waals surface area contributed by atoms with E-state index in [1.165, 1.54) is 10.9 Å². The average molecular weight is 638 g/mol. The van der Waals surface area contributed by atoms with E-state index in [0.717, 1.165) is 46.8 Å². The van der Waals surface area contributed by atoms with E-state index in [9.17, 15) is 14.3 Å². The van der Waals surface area contributed by atoms with Crippen molar-refractivity contribution in [3.8, 4) is 17.6 Å². The van der Waals surface area contributed by atoms with Crippen LogP contribution in [-0.4, -0.2) is 62.7 Å². The first-order valence-corrected chi connectivity index (χ1v) is 17.3. The smallest absolute Gasteiger partial charge is 0.410 e. The molecule has 3 atom stereocenters. The van der Waals surface area contributed by atoms with E-state index in [4.69, 9.17) is 19.4 Å². The second kappa shape index (κ2) is 13.1. The van der Waals surface area contributed by atoms with Gasteiger partial charge in [0.05, 0.1) is 35.0 Å². The summed E-state index contributed by atoms with van der Waals surface area (Å²) < 4.78 is 24.7. The Bertz CT molecular complexity index is 1820. The number of nitrogens with zero attached hydrogens (tertiary/aromatic N) is 5. The summed E-state index contributed by atoms with van der Waals surface area (Å²) in [5.74, 6) is 2.50. The standard InChI is InChI=1S/C36H39N5O4S/c1-36(2,3)45-35(42)41-19-18-40(23-26(41)16-17-37)33-30-15-14-25(21-32(30)38-34(39-33)46(4)43)31-22-28(44-27-11-6-5-7-12-27)20-24-10-8-9-13-29(24)31/h5-13,20,22,25-26H,14-16,18-19,21,23H2,1-4H3. The highest BCUT2D eigenvalue weighted by Gasteiger charge is 2.36. The third kappa shape index (κ3) is 6.85. The number of aromatic nitrogens is 2. The lowest BCUT2D eigenvalue weighted by atomic mass is 9.80. The fourth-order valence-corrected chi connectivity index (χ4v) is 6.91. The zero-order valence-electron chi connectivity index (χ0n) is 26.7. The summed E-state index contributed by atoms with van der Waals surface area (Å²) in [5, 5.41) is 12.2. The summed E-state index contributed by atoms with van der Waals surface area (Å²) in [7, 11) is -1.39. The lowest BCUT2D eigenvalue weighted by Crippen LogP contribution is -2.56. The highest BCUT2D eigenvalue weighted by Crippen LogP contribution is 2.41. The van der Waals surface area contributed by atoms with Gasteiger partial charge in [0.1, 0.15) is 22.9 Å². The van der Waals surface area contributed by atoms with Gasteiger partial charge in [-0.15, -0.1) is 0 Å². The molecular weight excluding hydrogens is 598 g/mol. The van der Waals surface area contributed by atoms with E-state index in [0.29, 0.717) is 31.2 Å². The van der Waals surface area contributed by atoms with Gasteiger partial charge < -0.3 is 19.3 Å². The van der Waals surface area contributed by atoms with Crippen LogP contribution in [0.5, 0.6) is 11.5 Å². The minimum Gasteiger partial charge on any atom is -0.457 e. The molecule has 1 aliphatic heterocycles. The molecule has 9 nitrogen and oxygen atoms in total. The van der Waals surface area contributed by atoms with Crippen LogP contribution in [0.1, 0.15) is 56.4 Å². The molecule has 0 N–H and O–H groups in total. The molecule has 1 saturated heterocycles. The molecule has 10 heteroatoms. The predicted molar refractivity (Wildman–Crippen MR) is 179 cm³/mol. The Morgan fingerprint density at radius 2 is 1.80 bits per heavy atom. The Morgan fingerprint density at radius 3 is 2.54 bits per heavy atom. The van der Waals surface area contributed by atoms with Gasteiger partial charge in [0, 0.05) is 31.5 Å². The molecule has 2 aliphatic rings. The van der Waals surface area contributed by atoms with Crippen molar-refractivity contribution in [3.05, 3.63) is 83.6 Å². The third-order valence-electron chi connectivity index (χ3n) is 8.51. The van der Waals surface area contributed by atoms with Gasteiger partial charge in [0.2, 0.25) is 5.16 Å². The Morgan fingerprint density at radius 1 is 1.04 bits per heavy atom. The van der Waals surface area contributed by atoms with Crippen molar-refractivity contribution in [3.63, 3.8) is 0 Å². The van der Waals surface area contributed by atoms with Gasteiger partial charge in [-0.05, 0) is 86.6 Å².